The lowest BCUT2D eigenvalue weighted by Gasteiger charge is -2.14. The number of likely N-dealkylation sites (N-methyl/N-ethyl adjacent to an activating group) is 1. The van der Waals surface area contributed by atoms with Gasteiger partial charge in [-0.05, 0) is 6.54 Å². The molecule has 0 saturated heterocycles. The first-order valence-corrected chi connectivity index (χ1v) is 4.83. The van der Waals surface area contributed by atoms with E-state index < -0.39 is 0 Å². The van der Waals surface area contributed by atoms with E-state index in [1.165, 1.54) is 0 Å². The Morgan fingerprint density at radius 2 is 2.43 bits per heavy atom. The van der Waals surface area contributed by atoms with Crippen LogP contribution in [0.2, 0.25) is 0 Å². The Balaban J connectivity index is 2.46. The second-order valence-electron chi connectivity index (χ2n) is 3.30. The average Bonchev–Trinajstić information content (AvgIpc) is 2.52. The summed E-state index contributed by atoms with van der Waals surface area (Å²) in [5.74, 6) is 0. The van der Waals surface area contributed by atoms with Crippen molar-refractivity contribution in [3.63, 3.8) is 0 Å². The van der Waals surface area contributed by atoms with Gasteiger partial charge in [0.2, 0.25) is 0 Å². The second kappa shape index (κ2) is 5.72. The summed E-state index contributed by atoms with van der Waals surface area (Å²) in [6, 6.07) is 0.321. The third-order valence-electron chi connectivity index (χ3n) is 1.97. The summed E-state index contributed by atoms with van der Waals surface area (Å²) in [5.41, 5.74) is 0.996. The minimum atomic E-state index is 0.321. The summed E-state index contributed by atoms with van der Waals surface area (Å²) in [7, 11) is 3.58. The van der Waals surface area contributed by atoms with E-state index in [1.807, 2.05) is 13.2 Å². The Kier molecular flexibility index (Phi) is 4.55. The Bertz CT molecular complexity index is 255. The van der Waals surface area contributed by atoms with Gasteiger partial charge >= 0.3 is 0 Å². The van der Waals surface area contributed by atoms with Gasteiger partial charge in [0.25, 0.3) is 0 Å². The second-order valence-corrected chi connectivity index (χ2v) is 3.30. The van der Waals surface area contributed by atoms with Gasteiger partial charge in [0.05, 0.1) is 12.3 Å². The fraction of sp³-hybridized carbons (Fsp3) is 0.778. The monoisotopic (exact) mass is 198 g/mol. The van der Waals surface area contributed by atoms with Crippen LogP contribution in [0.25, 0.3) is 0 Å². The Hall–Kier alpha value is -0.940. The van der Waals surface area contributed by atoms with E-state index in [9.17, 15) is 0 Å². The van der Waals surface area contributed by atoms with Crippen molar-refractivity contribution >= 4 is 0 Å². The molecule has 0 aliphatic heterocycles. The number of aryl methyl sites for hydroxylation is 1. The SMILES string of the molecule is CCNC(COC)Cc1cn(C)nn1. The van der Waals surface area contributed by atoms with E-state index >= 15 is 0 Å². The highest BCUT2D eigenvalue weighted by Gasteiger charge is 2.09. The summed E-state index contributed by atoms with van der Waals surface area (Å²) in [5, 5.41) is 11.3. The first-order valence-electron chi connectivity index (χ1n) is 4.83. The van der Waals surface area contributed by atoms with Gasteiger partial charge in [-0.15, -0.1) is 5.10 Å². The quantitative estimate of drug-likeness (QED) is 0.698. The number of hydrogen-bond donors (Lipinski definition) is 1. The fourth-order valence-electron chi connectivity index (χ4n) is 1.42. The molecule has 0 aliphatic rings. The molecule has 0 aliphatic carbocycles. The molecule has 1 heterocycles. The van der Waals surface area contributed by atoms with E-state index in [2.05, 4.69) is 22.6 Å². The minimum absolute atomic E-state index is 0.321. The van der Waals surface area contributed by atoms with Crippen LogP contribution in [-0.4, -0.2) is 41.3 Å². The number of nitrogens with zero attached hydrogens (tertiary/aromatic N) is 3. The zero-order valence-electron chi connectivity index (χ0n) is 9.03. The summed E-state index contributed by atoms with van der Waals surface area (Å²) >= 11 is 0. The normalized spacial score (nSPS) is 13.1. The molecule has 5 heteroatoms. The first kappa shape index (κ1) is 11.1. The molecule has 0 aromatic carbocycles. The van der Waals surface area contributed by atoms with Crippen molar-refractivity contribution in [1.82, 2.24) is 20.3 Å². The molecule has 0 bridgehead atoms. The van der Waals surface area contributed by atoms with E-state index in [4.69, 9.17) is 4.74 Å². The largest absolute Gasteiger partial charge is 0.383 e. The van der Waals surface area contributed by atoms with Gasteiger partial charge in [0.15, 0.2) is 0 Å². The summed E-state index contributed by atoms with van der Waals surface area (Å²) in [6.45, 7) is 3.72. The van der Waals surface area contributed by atoms with Crippen molar-refractivity contribution in [3.8, 4) is 0 Å². The Labute approximate surface area is 84.4 Å². The topological polar surface area (TPSA) is 52.0 Å². The minimum Gasteiger partial charge on any atom is -0.383 e. The van der Waals surface area contributed by atoms with Crippen molar-refractivity contribution in [2.75, 3.05) is 20.3 Å². The first-order chi connectivity index (χ1) is 6.76. The molecule has 1 aromatic rings. The van der Waals surface area contributed by atoms with Crippen LogP contribution in [0.1, 0.15) is 12.6 Å². The lowest BCUT2D eigenvalue weighted by Crippen LogP contribution is -2.35. The number of methoxy groups -OCH3 is 1. The van der Waals surface area contributed by atoms with Gasteiger partial charge in [-0.2, -0.15) is 0 Å². The molecule has 80 valence electrons. The smallest absolute Gasteiger partial charge is 0.0843 e. The highest BCUT2D eigenvalue weighted by molar-refractivity contribution is 4.95. The Morgan fingerprint density at radius 1 is 1.64 bits per heavy atom. The fourth-order valence-corrected chi connectivity index (χ4v) is 1.42. The molecule has 1 aromatic heterocycles. The molecule has 0 spiro atoms. The van der Waals surface area contributed by atoms with E-state index in [-0.39, 0.29) is 0 Å². The van der Waals surface area contributed by atoms with Crippen LogP contribution in [0.4, 0.5) is 0 Å². The van der Waals surface area contributed by atoms with Gasteiger partial charge < -0.3 is 10.1 Å². The van der Waals surface area contributed by atoms with Gasteiger partial charge in [0, 0.05) is 32.8 Å². The third-order valence-corrected chi connectivity index (χ3v) is 1.97. The molecule has 5 nitrogen and oxygen atoms in total. The van der Waals surface area contributed by atoms with Crippen LogP contribution in [0.5, 0.6) is 0 Å². The molecule has 1 atom stereocenters. The Morgan fingerprint density at radius 3 is 2.93 bits per heavy atom. The van der Waals surface area contributed by atoms with Gasteiger partial charge in [0.1, 0.15) is 0 Å². The molecule has 0 saturated carbocycles. The standard InChI is InChI=1S/C9H18N4O/c1-4-10-9(7-14-3)5-8-6-13(2)12-11-8/h6,9-10H,4-5,7H2,1-3H3. The predicted molar refractivity (Wildman–Crippen MR) is 54.0 cm³/mol. The van der Waals surface area contributed by atoms with Crippen LogP contribution < -0.4 is 5.32 Å². The van der Waals surface area contributed by atoms with Crippen LogP contribution in [0.3, 0.4) is 0 Å². The summed E-state index contributed by atoms with van der Waals surface area (Å²) in [6.07, 6.45) is 2.79. The molecule has 1 N–H and O–H groups in total. The van der Waals surface area contributed by atoms with Crippen molar-refractivity contribution in [2.24, 2.45) is 7.05 Å². The third kappa shape index (κ3) is 3.43. The molecule has 1 rings (SSSR count). The van der Waals surface area contributed by atoms with E-state index in [0.717, 1.165) is 18.7 Å². The number of hydrogen-bond acceptors (Lipinski definition) is 4. The molecule has 1 unspecified atom stereocenters. The van der Waals surface area contributed by atoms with Gasteiger partial charge in [-0.3, -0.25) is 4.68 Å². The van der Waals surface area contributed by atoms with E-state index in [0.29, 0.717) is 12.6 Å². The van der Waals surface area contributed by atoms with Crippen molar-refractivity contribution < 1.29 is 4.74 Å². The number of aromatic nitrogens is 3. The van der Waals surface area contributed by atoms with Crippen LogP contribution in [-0.2, 0) is 18.2 Å². The van der Waals surface area contributed by atoms with Crippen molar-refractivity contribution in [2.45, 2.75) is 19.4 Å². The predicted octanol–water partition coefficient (Wildman–Crippen LogP) is -0.0179. The summed E-state index contributed by atoms with van der Waals surface area (Å²) in [4.78, 5) is 0. The maximum atomic E-state index is 5.12. The van der Waals surface area contributed by atoms with Crippen LogP contribution in [0.15, 0.2) is 6.20 Å². The van der Waals surface area contributed by atoms with Crippen LogP contribution >= 0.6 is 0 Å². The highest BCUT2D eigenvalue weighted by atomic mass is 16.5. The molecular weight excluding hydrogens is 180 g/mol. The van der Waals surface area contributed by atoms with Crippen molar-refractivity contribution in [1.29, 1.82) is 0 Å². The zero-order chi connectivity index (χ0) is 10.4. The molecule has 14 heavy (non-hydrogen) atoms. The van der Waals surface area contributed by atoms with E-state index in [1.54, 1.807) is 11.8 Å². The number of ether oxygens (including phenoxy) is 1. The zero-order valence-corrected chi connectivity index (χ0v) is 9.03. The maximum absolute atomic E-state index is 5.12. The van der Waals surface area contributed by atoms with Crippen molar-refractivity contribution in [3.05, 3.63) is 11.9 Å². The van der Waals surface area contributed by atoms with Gasteiger partial charge in [-0.1, -0.05) is 12.1 Å². The molecule has 0 amide bonds. The van der Waals surface area contributed by atoms with Crippen LogP contribution in [0, 0.1) is 0 Å². The number of nitrogens with one attached hydrogen (secondary N) is 1. The lowest BCUT2D eigenvalue weighted by atomic mass is 10.2. The summed E-state index contributed by atoms with van der Waals surface area (Å²) < 4.78 is 6.83. The number of rotatable bonds is 6. The average molecular weight is 198 g/mol. The molecule has 0 radical (unpaired) electrons. The maximum Gasteiger partial charge on any atom is 0.0843 e. The molecule has 0 fully saturated rings. The lowest BCUT2D eigenvalue weighted by molar-refractivity contribution is 0.166. The molecular formula is C9H18N4O. The van der Waals surface area contributed by atoms with Gasteiger partial charge in [-0.25, -0.2) is 0 Å². The highest BCUT2D eigenvalue weighted by Crippen LogP contribution is 1.98.